The van der Waals surface area contributed by atoms with Crippen LogP contribution in [0.4, 0.5) is 5.00 Å². The average molecular weight is 269 g/mol. The Morgan fingerprint density at radius 1 is 1.39 bits per heavy atom. The summed E-state index contributed by atoms with van der Waals surface area (Å²) in [5, 5.41) is 10.5. The van der Waals surface area contributed by atoms with E-state index in [1.54, 1.807) is 4.90 Å². The van der Waals surface area contributed by atoms with Crippen LogP contribution in [0.25, 0.3) is 0 Å². The first-order chi connectivity index (χ1) is 8.69. The van der Waals surface area contributed by atoms with Crippen LogP contribution in [-0.4, -0.2) is 45.9 Å². The summed E-state index contributed by atoms with van der Waals surface area (Å²) < 4.78 is 3.90. The molecule has 0 spiro atoms. The van der Waals surface area contributed by atoms with Gasteiger partial charge in [-0.1, -0.05) is 11.4 Å². The van der Waals surface area contributed by atoms with E-state index in [0.717, 1.165) is 23.7 Å². The van der Waals surface area contributed by atoms with Crippen LogP contribution in [0.5, 0.6) is 0 Å². The van der Waals surface area contributed by atoms with Crippen LogP contribution in [0, 0.1) is 0 Å². The molecule has 1 saturated heterocycles. The Kier molecular flexibility index (Phi) is 4.21. The second-order valence-electron chi connectivity index (χ2n) is 4.09. The fourth-order valence-corrected chi connectivity index (χ4v) is 2.30. The molecule has 8 heteroatoms. The molecule has 98 valence electrons. The maximum atomic E-state index is 11.2. The maximum absolute atomic E-state index is 11.2. The van der Waals surface area contributed by atoms with Gasteiger partial charge in [0.2, 0.25) is 11.8 Å². The Morgan fingerprint density at radius 2 is 2.11 bits per heavy atom. The summed E-state index contributed by atoms with van der Waals surface area (Å²) in [5.41, 5.74) is 0.788. The highest BCUT2D eigenvalue weighted by Crippen LogP contribution is 2.19. The third-order valence-corrected chi connectivity index (χ3v) is 3.20. The summed E-state index contributed by atoms with van der Waals surface area (Å²) in [7, 11) is 0. The number of anilines is 1. The molecule has 0 radical (unpaired) electrons. The summed E-state index contributed by atoms with van der Waals surface area (Å²) in [6.07, 6.45) is 1.02. The molecule has 1 aromatic heterocycles. The number of hydrogen-bond acceptors (Lipinski definition) is 7. The lowest BCUT2D eigenvalue weighted by molar-refractivity contribution is -0.136. The van der Waals surface area contributed by atoms with Gasteiger partial charge in [-0.2, -0.15) is 0 Å². The van der Waals surface area contributed by atoms with Crippen molar-refractivity contribution in [3.05, 3.63) is 5.69 Å². The summed E-state index contributed by atoms with van der Waals surface area (Å²) in [6, 6.07) is 0. The molecule has 0 aromatic carbocycles. The molecule has 2 N–H and O–H groups in total. The van der Waals surface area contributed by atoms with Crippen molar-refractivity contribution in [3.63, 3.8) is 0 Å². The monoisotopic (exact) mass is 269 g/mol. The van der Waals surface area contributed by atoms with Crippen molar-refractivity contribution in [1.82, 2.24) is 19.8 Å². The van der Waals surface area contributed by atoms with Crippen molar-refractivity contribution >= 4 is 28.3 Å². The van der Waals surface area contributed by atoms with E-state index >= 15 is 0 Å². The SMILES string of the molecule is CCCNc1snnc1CN1CC(=O)NC(=O)C1. The number of amides is 2. The van der Waals surface area contributed by atoms with Gasteiger partial charge in [0.05, 0.1) is 13.1 Å². The van der Waals surface area contributed by atoms with E-state index in [9.17, 15) is 9.59 Å². The lowest BCUT2D eigenvalue weighted by Crippen LogP contribution is -2.50. The number of hydrogen-bond donors (Lipinski definition) is 2. The molecule has 0 atom stereocenters. The molecule has 18 heavy (non-hydrogen) atoms. The highest BCUT2D eigenvalue weighted by molar-refractivity contribution is 7.10. The van der Waals surface area contributed by atoms with Crippen molar-refractivity contribution in [1.29, 1.82) is 0 Å². The predicted molar refractivity (Wildman–Crippen MR) is 67.1 cm³/mol. The van der Waals surface area contributed by atoms with Crippen molar-refractivity contribution in [3.8, 4) is 0 Å². The third-order valence-electron chi connectivity index (χ3n) is 2.48. The van der Waals surface area contributed by atoms with Gasteiger partial charge in [0.1, 0.15) is 10.7 Å². The highest BCUT2D eigenvalue weighted by atomic mass is 32.1. The molecule has 0 aliphatic carbocycles. The number of carbonyl (C=O) groups is 2. The molecule has 1 fully saturated rings. The van der Waals surface area contributed by atoms with Crippen LogP contribution >= 0.6 is 11.5 Å². The molecule has 2 rings (SSSR count). The maximum Gasteiger partial charge on any atom is 0.240 e. The Bertz CT molecular complexity index is 431. The standard InChI is InChI=1S/C10H15N5O2S/c1-2-3-11-10-7(13-14-18-10)4-15-5-8(16)12-9(17)6-15/h11H,2-6H2,1H3,(H,12,16,17). The predicted octanol–water partition coefficient (Wildman–Crippen LogP) is -0.182. The minimum atomic E-state index is -0.266. The van der Waals surface area contributed by atoms with Gasteiger partial charge in [-0.05, 0) is 6.42 Å². The van der Waals surface area contributed by atoms with Gasteiger partial charge in [0, 0.05) is 24.6 Å². The molecule has 7 nitrogen and oxygen atoms in total. The Hall–Kier alpha value is -1.54. The minimum absolute atomic E-state index is 0.219. The number of piperazine rings is 1. The summed E-state index contributed by atoms with van der Waals surface area (Å²) in [4.78, 5) is 24.3. The molecule has 2 amide bonds. The molecule has 0 bridgehead atoms. The first kappa shape index (κ1) is 12.9. The van der Waals surface area contributed by atoms with Gasteiger partial charge in [-0.25, -0.2) is 0 Å². The lowest BCUT2D eigenvalue weighted by Gasteiger charge is -2.24. The minimum Gasteiger partial charge on any atom is -0.374 e. The topological polar surface area (TPSA) is 87.2 Å². The first-order valence-corrected chi connectivity index (χ1v) is 6.56. The summed E-state index contributed by atoms with van der Waals surface area (Å²) >= 11 is 1.30. The summed E-state index contributed by atoms with van der Waals surface area (Å²) in [5.74, 6) is -0.532. The Labute approximate surface area is 109 Å². The molecule has 0 unspecified atom stereocenters. The Morgan fingerprint density at radius 3 is 2.78 bits per heavy atom. The molecular weight excluding hydrogens is 254 g/mol. The van der Waals surface area contributed by atoms with Gasteiger partial charge in [-0.3, -0.25) is 19.8 Å². The quantitative estimate of drug-likeness (QED) is 0.721. The zero-order valence-electron chi connectivity index (χ0n) is 10.1. The van der Waals surface area contributed by atoms with E-state index in [0.29, 0.717) is 6.54 Å². The largest absolute Gasteiger partial charge is 0.374 e. The van der Waals surface area contributed by atoms with Gasteiger partial charge in [-0.15, -0.1) is 5.10 Å². The van der Waals surface area contributed by atoms with Crippen molar-refractivity contribution in [2.45, 2.75) is 19.9 Å². The molecule has 1 aliphatic heterocycles. The van der Waals surface area contributed by atoms with Gasteiger partial charge < -0.3 is 5.32 Å². The van der Waals surface area contributed by atoms with Crippen LogP contribution in [0.15, 0.2) is 0 Å². The van der Waals surface area contributed by atoms with Crippen molar-refractivity contribution in [2.75, 3.05) is 25.0 Å². The number of rotatable bonds is 5. The first-order valence-electron chi connectivity index (χ1n) is 5.79. The fraction of sp³-hybridized carbons (Fsp3) is 0.600. The summed E-state index contributed by atoms with van der Waals surface area (Å²) in [6.45, 7) is 3.83. The smallest absolute Gasteiger partial charge is 0.240 e. The van der Waals surface area contributed by atoms with Crippen LogP contribution in [0.2, 0.25) is 0 Å². The number of nitrogens with zero attached hydrogens (tertiary/aromatic N) is 3. The lowest BCUT2D eigenvalue weighted by atomic mass is 10.3. The van der Waals surface area contributed by atoms with E-state index in [2.05, 4.69) is 27.1 Å². The molecular formula is C10H15N5O2S. The number of carbonyl (C=O) groups excluding carboxylic acids is 2. The molecule has 1 aromatic rings. The van der Waals surface area contributed by atoms with E-state index in [1.807, 2.05) is 0 Å². The number of nitrogens with one attached hydrogen (secondary N) is 2. The second-order valence-corrected chi connectivity index (χ2v) is 4.85. The zero-order valence-corrected chi connectivity index (χ0v) is 10.9. The van der Waals surface area contributed by atoms with Crippen molar-refractivity contribution < 1.29 is 9.59 Å². The van der Waals surface area contributed by atoms with Crippen molar-refractivity contribution in [2.24, 2.45) is 0 Å². The van der Waals surface area contributed by atoms with Crippen LogP contribution in [0.1, 0.15) is 19.0 Å². The Balaban J connectivity index is 1.98. The normalized spacial score (nSPS) is 16.7. The third kappa shape index (κ3) is 3.23. The number of aromatic nitrogens is 2. The molecule has 1 aliphatic rings. The van der Waals surface area contributed by atoms with Gasteiger partial charge >= 0.3 is 0 Å². The van der Waals surface area contributed by atoms with E-state index in [-0.39, 0.29) is 24.9 Å². The van der Waals surface area contributed by atoms with E-state index in [1.165, 1.54) is 11.5 Å². The van der Waals surface area contributed by atoms with E-state index < -0.39 is 0 Å². The fourth-order valence-electron chi connectivity index (χ4n) is 1.71. The zero-order chi connectivity index (χ0) is 13.0. The highest BCUT2D eigenvalue weighted by Gasteiger charge is 2.24. The van der Waals surface area contributed by atoms with Gasteiger partial charge in [0.15, 0.2) is 0 Å². The second kappa shape index (κ2) is 5.87. The van der Waals surface area contributed by atoms with Gasteiger partial charge in [0.25, 0.3) is 0 Å². The number of imide groups is 1. The van der Waals surface area contributed by atoms with Crippen LogP contribution in [-0.2, 0) is 16.1 Å². The van der Waals surface area contributed by atoms with E-state index in [4.69, 9.17) is 0 Å². The van der Waals surface area contributed by atoms with Crippen LogP contribution in [0.3, 0.4) is 0 Å². The molecule has 2 heterocycles. The van der Waals surface area contributed by atoms with Crippen LogP contribution < -0.4 is 10.6 Å². The average Bonchev–Trinajstić information content (AvgIpc) is 2.72. The molecule has 0 saturated carbocycles.